The van der Waals surface area contributed by atoms with Gasteiger partial charge in [-0.1, -0.05) is 12.1 Å². The van der Waals surface area contributed by atoms with Crippen LogP contribution in [0.1, 0.15) is 25.3 Å². The van der Waals surface area contributed by atoms with Crippen LogP contribution < -0.4 is 10.1 Å². The average molecular weight is 265 g/mol. The quantitative estimate of drug-likeness (QED) is 0.854. The Morgan fingerprint density at radius 3 is 2.78 bits per heavy atom. The van der Waals surface area contributed by atoms with Crippen molar-refractivity contribution in [3.8, 4) is 5.75 Å². The van der Waals surface area contributed by atoms with Crippen LogP contribution in [0.3, 0.4) is 0 Å². The number of methoxy groups -OCH3 is 1. The van der Waals surface area contributed by atoms with E-state index < -0.39 is 0 Å². The molecule has 1 heterocycles. The maximum Gasteiger partial charge on any atom is 0.118 e. The number of rotatable bonds is 6. The summed E-state index contributed by atoms with van der Waals surface area (Å²) in [4.78, 5) is 0. The molecule has 0 bridgehead atoms. The molecule has 1 aromatic rings. The van der Waals surface area contributed by atoms with Crippen LogP contribution in [0.5, 0.6) is 5.75 Å². The number of nitrogens with one attached hydrogen (secondary N) is 1. The first-order chi connectivity index (χ1) is 8.78. The van der Waals surface area contributed by atoms with E-state index in [1.165, 1.54) is 24.2 Å². The van der Waals surface area contributed by atoms with Gasteiger partial charge in [0.1, 0.15) is 5.75 Å². The first-order valence-electron chi connectivity index (χ1n) is 6.76. The Labute approximate surface area is 114 Å². The van der Waals surface area contributed by atoms with Gasteiger partial charge in [0, 0.05) is 17.8 Å². The van der Waals surface area contributed by atoms with Crippen LogP contribution >= 0.6 is 11.8 Å². The summed E-state index contributed by atoms with van der Waals surface area (Å²) >= 11 is 2.12. The summed E-state index contributed by atoms with van der Waals surface area (Å²) in [5.41, 5.74) is 1.37. The molecule has 2 rings (SSSR count). The second kappa shape index (κ2) is 7.05. The number of hydrogen-bond donors (Lipinski definition) is 1. The van der Waals surface area contributed by atoms with Gasteiger partial charge in [-0.25, -0.2) is 0 Å². The van der Waals surface area contributed by atoms with E-state index in [9.17, 15) is 0 Å². The van der Waals surface area contributed by atoms with Gasteiger partial charge in [0.25, 0.3) is 0 Å². The van der Waals surface area contributed by atoms with E-state index in [0.717, 1.165) is 24.0 Å². The monoisotopic (exact) mass is 265 g/mol. The van der Waals surface area contributed by atoms with Crippen LogP contribution in [0.25, 0.3) is 0 Å². The van der Waals surface area contributed by atoms with Gasteiger partial charge in [0.15, 0.2) is 0 Å². The first-order valence-corrected chi connectivity index (χ1v) is 7.80. The van der Waals surface area contributed by atoms with Gasteiger partial charge in [0.2, 0.25) is 0 Å². The molecule has 2 atom stereocenters. The lowest BCUT2D eigenvalue weighted by Crippen LogP contribution is -2.33. The van der Waals surface area contributed by atoms with Gasteiger partial charge >= 0.3 is 0 Å². The minimum absolute atomic E-state index is 0.541. The molecule has 2 nitrogen and oxygen atoms in total. The molecule has 3 heteroatoms. The fourth-order valence-corrected chi connectivity index (χ4v) is 3.54. The Balaban J connectivity index is 1.73. The number of benzene rings is 1. The second-order valence-electron chi connectivity index (χ2n) is 5.00. The average Bonchev–Trinajstić information content (AvgIpc) is 2.90. The molecule has 0 spiro atoms. The van der Waals surface area contributed by atoms with Crippen molar-refractivity contribution in [2.45, 2.75) is 37.5 Å². The van der Waals surface area contributed by atoms with Crippen molar-refractivity contribution in [1.82, 2.24) is 5.32 Å². The largest absolute Gasteiger partial charge is 0.497 e. The highest BCUT2D eigenvalue weighted by atomic mass is 32.2. The summed E-state index contributed by atoms with van der Waals surface area (Å²) in [6.45, 7) is 3.42. The van der Waals surface area contributed by atoms with Crippen molar-refractivity contribution < 1.29 is 4.74 Å². The Morgan fingerprint density at radius 2 is 2.17 bits per heavy atom. The van der Waals surface area contributed by atoms with Crippen LogP contribution in [0.4, 0.5) is 0 Å². The number of hydrogen-bond acceptors (Lipinski definition) is 3. The molecule has 0 aliphatic carbocycles. The Hall–Kier alpha value is -0.670. The zero-order chi connectivity index (χ0) is 12.8. The molecular weight excluding hydrogens is 242 g/mol. The normalized spacial score (nSPS) is 20.9. The molecule has 1 aliphatic rings. The maximum atomic E-state index is 5.17. The smallest absolute Gasteiger partial charge is 0.118 e. The van der Waals surface area contributed by atoms with Gasteiger partial charge in [-0.15, -0.1) is 0 Å². The molecule has 0 aromatic heterocycles. The highest BCUT2D eigenvalue weighted by Crippen LogP contribution is 2.25. The fourth-order valence-electron chi connectivity index (χ4n) is 2.33. The van der Waals surface area contributed by atoms with E-state index in [-0.39, 0.29) is 0 Å². The van der Waals surface area contributed by atoms with E-state index in [1.807, 2.05) is 12.1 Å². The third kappa shape index (κ3) is 4.21. The zero-order valence-electron chi connectivity index (χ0n) is 11.3. The second-order valence-corrected chi connectivity index (χ2v) is 6.40. The van der Waals surface area contributed by atoms with E-state index >= 15 is 0 Å². The highest BCUT2D eigenvalue weighted by Gasteiger charge is 2.15. The molecule has 1 fully saturated rings. The van der Waals surface area contributed by atoms with Crippen molar-refractivity contribution in [3.05, 3.63) is 29.8 Å². The molecule has 1 saturated heterocycles. The van der Waals surface area contributed by atoms with Gasteiger partial charge < -0.3 is 10.1 Å². The third-order valence-electron chi connectivity index (χ3n) is 3.42. The molecule has 2 unspecified atom stereocenters. The summed E-state index contributed by atoms with van der Waals surface area (Å²) in [6, 6.07) is 8.92. The maximum absolute atomic E-state index is 5.17. The lowest BCUT2D eigenvalue weighted by atomic mass is 10.1. The molecule has 1 aliphatic heterocycles. The molecule has 0 saturated carbocycles. The third-order valence-corrected chi connectivity index (χ3v) is 4.82. The predicted octanol–water partition coefficient (Wildman–Crippen LogP) is 3.11. The topological polar surface area (TPSA) is 21.3 Å². The number of ether oxygens (including phenoxy) is 1. The molecule has 0 amide bonds. The van der Waals surface area contributed by atoms with E-state index in [2.05, 4.69) is 36.1 Å². The molecular formula is C15H23NOS. The zero-order valence-corrected chi connectivity index (χ0v) is 12.1. The van der Waals surface area contributed by atoms with E-state index in [0.29, 0.717) is 6.04 Å². The Bertz CT molecular complexity index is 346. The fraction of sp³-hybridized carbons (Fsp3) is 0.600. The summed E-state index contributed by atoms with van der Waals surface area (Å²) in [6.07, 6.45) is 3.86. The summed E-state index contributed by atoms with van der Waals surface area (Å²) < 4.78 is 5.17. The van der Waals surface area contributed by atoms with Crippen molar-refractivity contribution in [1.29, 1.82) is 0 Å². The minimum atomic E-state index is 0.541. The minimum Gasteiger partial charge on any atom is -0.497 e. The van der Waals surface area contributed by atoms with Crippen molar-refractivity contribution in [2.24, 2.45) is 0 Å². The van der Waals surface area contributed by atoms with Gasteiger partial charge in [0.05, 0.1) is 7.11 Å². The van der Waals surface area contributed by atoms with Gasteiger partial charge in [-0.2, -0.15) is 11.8 Å². The standard InChI is InChI=1S/C15H23NOS/c1-12(16-11-15-4-3-9-18-15)10-13-5-7-14(17-2)8-6-13/h5-8,12,15-16H,3-4,9-11H2,1-2H3. The predicted molar refractivity (Wildman–Crippen MR) is 79.6 cm³/mol. The van der Waals surface area contributed by atoms with Gasteiger partial charge in [-0.3, -0.25) is 0 Å². The summed E-state index contributed by atoms with van der Waals surface area (Å²) in [5.74, 6) is 2.28. The molecule has 0 radical (unpaired) electrons. The number of thioether (sulfide) groups is 1. The lowest BCUT2D eigenvalue weighted by Gasteiger charge is -2.17. The molecule has 18 heavy (non-hydrogen) atoms. The van der Waals surface area contributed by atoms with Gasteiger partial charge in [-0.05, 0) is 49.6 Å². The van der Waals surface area contributed by atoms with E-state index in [1.54, 1.807) is 7.11 Å². The van der Waals surface area contributed by atoms with E-state index in [4.69, 9.17) is 4.74 Å². The van der Waals surface area contributed by atoms with Crippen molar-refractivity contribution in [3.63, 3.8) is 0 Å². The van der Waals surface area contributed by atoms with Crippen LogP contribution in [0, 0.1) is 0 Å². The molecule has 100 valence electrons. The van der Waals surface area contributed by atoms with Crippen molar-refractivity contribution >= 4 is 11.8 Å². The molecule has 1 aromatic carbocycles. The van der Waals surface area contributed by atoms with Crippen LogP contribution in [0.2, 0.25) is 0 Å². The Kier molecular flexibility index (Phi) is 5.39. The molecule has 1 N–H and O–H groups in total. The van der Waals surface area contributed by atoms with Crippen LogP contribution in [0.15, 0.2) is 24.3 Å². The lowest BCUT2D eigenvalue weighted by molar-refractivity contribution is 0.414. The summed E-state index contributed by atoms with van der Waals surface area (Å²) in [5, 5.41) is 4.49. The van der Waals surface area contributed by atoms with Crippen molar-refractivity contribution in [2.75, 3.05) is 19.4 Å². The van der Waals surface area contributed by atoms with Crippen LogP contribution in [-0.4, -0.2) is 30.7 Å². The SMILES string of the molecule is COc1ccc(CC(C)NCC2CCCS2)cc1. The summed E-state index contributed by atoms with van der Waals surface area (Å²) in [7, 11) is 1.71. The van der Waals surface area contributed by atoms with Crippen LogP contribution in [-0.2, 0) is 6.42 Å². The highest BCUT2D eigenvalue weighted by molar-refractivity contribution is 8.00. The Morgan fingerprint density at radius 1 is 1.39 bits per heavy atom. The first kappa shape index (κ1) is 13.8.